The Morgan fingerprint density at radius 1 is 1.45 bits per heavy atom. The van der Waals surface area contributed by atoms with E-state index in [1.807, 2.05) is 6.08 Å². The molecule has 1 heteroatoms. The van der Waals surface area contributed by atoms with E-state index in [2.05, 4.69) is 13.5 Å². The lowest BCUT2D eigenvalue weighted by Crippen LogP contribution is -2.09. The summed E-state index contributed by atoms with van der Waals surface area (Å²) in [5, 5.41) is 0. The summed E-state index contributed by atoms with van der Waals surface area (Å²) in [6.07, 6.45) is 9.00. The Morgan fingerprint density at radius 3 is 2.73 bits per heavy atom. The average Bonchev–Trinajstić information content (AvgIpc) is 2.48. The summed E-state index contributed by atoms with van der Waals surface area (Å²) < 4.78 is 5.76. The number of allylic oxidation sites excluding steroid dienone is 1. The van der Waals surface area contributed by atoms with Crippen LogP contribution in [0.2, 0.25) is 0 Å². The first-order chi connectivity index (χ1) is 5.36. The summed E-state index contributed by atoms with van der Waals surface area (Å²) >= 11 is 0. The highest BCUT2D eigenvalue weighted by Gasteiger charge is 2.22. The summed E-state index contributed by atoms with van der Waals surface area (Å²) in [7, 11) is 0. The summed E-state index contributed by atoms with van der Waals surface area (Å²) in [6, 6.07) is 0. The van der Waals surface area contributed by atoms with E-state index in [1.165, 1.54) is 25.7 Å². The third-order valence-electron chi connectivity index (χ3n) is 2.34. The van der Waals surface area contributed by atoms with Crippen LogP contribution in [0.3, 0.4) is 0 Å². The smallest absolute Gasteiger partial charge is 0.0582 e. The van der Waals surface area contributed by atoms with E-state index in [0.717, 1.165) is 6.42 Å². The molecule has 11 heavy (non-hydrogen) atoms. The van der Waals surface area contributed by atoms with Crippen molar-refractivity contribution in [2.45, 2.75) is 51.2 Å². The first-order valence-corrected chi connectivity index (χ1v) is 4.63. The molecule has 1 nitrogen and oxygen atoms in total. The van der Waals surface area contributed by atoms with Gasteiger partial charge in [0.2, 0.25) is 0 Å². The van der Waals surface area contributed by atoms with Crippen molar-refractivity contribution in [1.82, 2.24) is 0 Å². The maximum Gasteiger partial charge on any atom is 0.0582 e. The van der Waals surface area contributed by atoms with Gasteiger partial charge in [0.25, 0.3) is 0 Å². The second-order valence-corrected chi connectivity index (χ2v) is 3.23. The van der Waals surface area contributed by atoms with Crippen LogP contribution in [0.4, 0.5) is 0 Å². The molecule has 0 bridgehead atoms. The Balaban J connectivity index is 2.13. The van der Waals surface area contributed by atoms with Crippen molar-refractivity contribution in [3.05, 3.63) is 12.7 Å². The fourth-order valence-corrected chi connectivity index (χ4v) is 1.60. The molecule has 0 aromatic heterocycles. The largest absolute Gasteiger partial charge is 0.375 e. The maximum atomic E-state index is 5.76. The Kier molecular flexibility index (Phi) is 3.64. The van der Waals surface area contributed by atoms with Crippen LogP contribution in [0.5, 0.6) is 0 Å². The molecule has 0 N–H and O–H groups in total. The standard InChI is InChI=1S/C10H18O/c1-3-5-6-10-8-7-9(4-2)11-10/h3,9-10H,1,4-8H2,2H3. The highest BCUT2D eigenvalue weighted by atomic mass is 16.5. The van der Waals surface area contributed by atoms with Crippen molar-refractivity contribution >= 4 is 0 Å². The Bertz CT molecular complexity index is 120. The minimum atomic E-state index is 0.526. The van der Waals surface area contributed by atoms with Crippen LogP contribution >= 0.6 is 0 Å². The van der Waals surface area contributed by atoms with Crippen LogP contribution < -0.4 is 0 Å². The second kappa shape index (κ2) is 4.55. The monoisotopic (exact) mass is 154 g/mol. The molecule has 0 saturated carbocycles. The molecule has 0 aromatic rings. The SMILES string of the molecule is C=CCCC1CCC(CC)O1. The van der Waals surface area contributed by atoms with Gasteiger partial charge >= 0.3 is 0 Å². The average molecular weight is 154 g/mol. The molecule has 1 aliphatic rings. The van der Waals surface area contributed by atoms with Gasteiger partial charge in [-0.2, -0.15) is 0 Å². The minimum absolute atomic E-state index is 0.526. The minimum Gasteiger partial charge on any atom is -0.375 e. The van der Waals surface area contributed by atoms with Crippen LogP contribution in [0.1, 0.15) is 39.0 Å². The second-order valence-electron chi connectivity index (χ2n) is 3.23. The molecule has 64 valence electrons. The molecule has 0 spiro atoms. The molecule has 0 radical (unpaired) electrons. The summed E-state index contributed by atoms with van der Waals surface area (Å²) in [5.41, 5.74) is 0. The molecule has 2 unspecified atom stereocenters. The van der Waals surface area contributed by atoms with E-state index in [9.17, 15) is 0 Å². The lowest BCUT2D eigenvalue weighted by atomic mass is 10.1. The van der Waals surface area contributed by atoms with Crippen molar-refractivity contribution in [1.29, 1.82) is 0 Å². The van der Waals surface area contributed by atoms with E-state index in [-0.39, 0.29) is 0 Å². The van der Waals surface area contributed by atoms with Crippen LogP contribution in [0.15, 0.2) is 12.7 Å². The molecule has 0 amide bonds. The van der Waals surface area contributed by atoms with Gasteiger partial charge in [0.15, 0.2) is 0 Å². The predicted octanol–water partition coefficient (Wildman–Crippen LogP) is 2.91. The van der Waals surface area contributed by atoms with Crippen molar-refractivity contribution in [2.75, 3.05) is 0 Å². The highest BCUT2D eigenvalue weighted by Crippen LogP contribution is 2.24. The van der Waals surface area contributed by atoms with Gasteiger partial charge in [-0.1, -0.05) is 13.0 Å². The number of hydrogen-bond donors (Lipinski definition) is 0. The van der Waals surface area contributed by atoms with Crippen molar-refractivity contribution < 1.29 is 4.74 Å². The Labute approximate surface area is 69.4 Å². The molecular weight excluding hydrogens is 136 g/mol. The lowest BCUT2D eigenvalue weighted by Gasteiger charge is -2.10. The lowest BCUT2D eigenvalue weighted by molar-refractivity contribution is 0.0395. The summed E-state index contributed by atoms with van der Waals surface area (Å²) in [6.45, 7) is 5.90. The van der Waals surface area contributed by atoms with E-state index in [1.54, 1.807) is 0 Å². The number of hydrogen-bond acceptors (Lipinski definition) is 1. The molecule has 2 atom stereocenters. The molecule has 0 aliphatic carbocycles. The molecule has 1 aliphatic heterocycles. The van der Waals surface area contributed by atoms with E-state index in [4.69, 9.17) is 4.74 Å². The van der Waals surface area contributed by atoms with Crippen molar-refractivity contribution in [2.24, 2.45) is 0 Å². The zero-order valence-corrected chi connectivity index (χ0v) is 7.38. The Morgan fingerprint density at radius 2 is 2.18 bits per heavy atom. The van der Waals surface area contributed by atoms with Gasteiger partial charge in [0.05, 0.1) is 12.2 Å². The van der Waals surface area contributed by atoms with Gasteiger partial charge in [-0.25, -0.2) is 0 Å². The van der Waals surface area contributed by atoms with Gasteiger partial charge in [-0.05, 0) is 32.1 Å². The molecule has 1 heterocycles. The fraction of sp³-hybridized carbons (Fsp3) is 0.800. The van der Waals surface area contributed by atoms with E-state index < -0.39 is 0 Å². The maximum absolute atomic E-state index is 5.76. The molecule has 1 fully saturated rings. The molecule has 1 saturated heterocycles. The summed E-state index contributed by atoms with van der Waals surface area (Å²) in [5.74, 6) is 0. The van der Waals surface area contributed by atoms with Crippen LogP contribution in [0.25, 0.3) is 0 Å². The molecule has 0 aromatic carbocycles. The van der Waals surface area contributed by atoms with Gasteiger partial charge in [0.1, 0.15) is 0 Å². The first-order valence-electron chi connectivity index (χ1n) is 4.63. The molecular formula is C10H18O. The normalized spacial score (nSPS) is 30.6. The zero-order valence-electron chi connectivity index (χ0n) is 7.38. The molecule has 1 rings (SSSR count). The third kappa shape index (κ3) is 2.66. The van der Waals surface area contributed by atoms with Crippen LogP contribution in [-0.4, -0.2) is 12.2 Å². The summed E-state index contributed by atoms with van der Waals surface area (Å²) in [4.78, 5) is 0. The van der Waals surface area contributed by atoms with Gasteiger partial charge in [-0.3, -0.25) is 0 Å². The van der Waals surface area contributed by atoms with Gasteiger partial charge in [0, 0.05) is 0 Å². The van der Waals surface area contributed by atoms with Crippen LogP contribution in [0, 0.1) is 0 Å². The number of ether oxygens (including phenoxy) is 1. The quantitative estimate of drug-likeness (QED) is 0.566. The van der Waals surface area contributed by atoms with Crippen molar-refractivity contribution in [3.8, 4) is 0 Å². The third-order valence-corrected chi connectivity index (χ3v) is 2.34. The van der Waals surface area contributed by atoms with Crippen LogP contribution in [-0.2, 0) is 4.74 Å². The highest BCUT2D eigenvalue weighted by molar-refractivity contribution is 4.76. The van der Waals surface area contributed by atoms with E-state index in [0.29, 0.717) is 12.2 Å². The van der Waals surface area contributed by atoms with Gasteiger partial charge < -0.3 is 4.74 Å². The van der Waals surface area contributed by atoms with Crippen molar-refractivity contribution in [3.63, 3.8) is 0 Å². The fourth-order valence-electron chi connectivity index (χ4n) is 1.60. The van der Waals surface area contributed by atoms with Gasteiger partial charge in [-0.15, -0.1) is 6.58 Å². The van der Waals surface area contributed by atoms with E-state index >= 15 is 0 Å². The Hall–Kier alpha value is -0.300. The predicted molar refractivity (Wildman–Crippen MR) is 47.6 cm³/mol. The zero-order chi connectivity index (χ0) is 8.10. The topological polar surface area (TPSA) is 9.23 Å². The first kappa shape index (κ1) is 8.79. The number of rotatable bonds is 4.